The zero-order valence-corrected chi connectivity index (χ0v) is 4.98. The van der Waals surface area contributed by atoms with Gasteiger partial charge in [-0.15, -0.1) is 0 Å². The van der Waals surface area contributed by atoms with Crippen LogP contribution in [-0.2, 0) is 0 Å². The van der Waals surface area contributed by atoms with Crippen molar-refractivity contribution in [2.24, 2.45) is 5.10 Å². The quantitative estimate of drug-likeness (QED) is 0.423. The molecule has 0 aromatic rings. The molecule has 1 N–H and O–H groups in total. The van der Waals surface area contributed by atoms with Crippen molar-refractivity contribution in [1.29, 1.82) is 0 Å². The molecule has 0 fully saturated rings. The van der Waals surface area contributed by atoms with Crippen molar-refractivity contribution in [3.05, 3.63) is 11.9 Å². The van der Waals surface area contributed by atoms with Crippen LogP contribution in [0.4, 0.5) is 4.39 Å². The average Bonchev–Trinajstić information content (AvgIpc) is 1.83. The van der Waals surface area contributed by atoms with Gasteiger partial charge in [0.05, 0.1) is 6.21 Å². The number of allylic oxidation sites excluding steroid dienone is 2. The SMILES string of the molecule is C/C=C(F)\C=N/NC. The molecule has 46 valence electrons. The van der Waals surface area contributed by atoms with E-state index in [0.29, 0.717) is 0 Å². The Labute approximate surface area is 48.1 Å². The Bertz CT molecular complexity index is 107. The van der Waals surface area contributed by atoms with E-state index >= 15 is 0 Å². The minimum atomic E-state index is -0.334. The van der Waals surface area contributed by atoms with E-state index in [1.165, 1.54) is 6.08 Å². The summed E-state index contributed by atoms with van der Waals surface area (Å²) in [4.78, 5) is 0. The molecule has 0 unspecified atom stereocenters. The van der Waals surface area contributed by atoms with Crippen molar-refractivity contribution in [2.45, 2.75) is 6.92 Å². The molecule has 0 aliphatic carbocycles. The van der Waals surface area contributed by atoms with E-state index < -0.39 is 0 Å². The van der Waals surface area contributed by atoms with Gasteiger partial charge >= 0.3 is 0 Å². The van der Waals surface area contributed by atoms with Crippen molar-refractivity contribution < 1.29 is 4.39 Å². The Morgan fingerprint density at radius 3 is 2.75 bits per heavy atom. The molecular weight excluding hydrogens is 107 g/mol. The van der Waals surface area contributed by atoms with Crippen molar-refractivity contribution in [1.82, 2.24) is 5.43 Å². The average molecular weight is 116 g/mol. The molecule has 0 aliphatic rings. The standard InChI is InChI=1S/C5H9FN2/c1-3-5(6)4-8-7-2/h3-4,7H,1-2H3/b5-3+,8-4-. The molecule has 0 bridgehead atoms. The van der Waals surface area contributed by atoms with Gasteiger partial charge in [-0.2, -0.15) is 5.10 Å². The molecule has 0 rings (SSSR count). The Kier molecular flexibility index (Phi) is 3.84. The second kappa shape index (κ2) is 4.30. The summed E-state index contributed by atoms with van der Waals surface area (Å²) in [6.45, 7) is 1.61. The summed E-state index contributed by atoms with van der Waals surface area (Å²) in [5.74, 6) is -0.334. The van der Waals surface area contributed by atoms with Crippen LogP contribution in [0.25, 0.3) is 0 Å². The topological polar surface area (TPSA) is 24.4 Å². The molecule has 0 spiro atoms. The molecule has 2 nitrogen and oxygen atoms in total. The molecule has 8 heavy (non-hydrogen) atoms. The summed E-state index contributed by atoms with van der Waals surface area (Å²) < 4.78 is 12.0. The van der Waals surface area contributed by atoms with Crippen LogP contribution in [0.2, 0.25) is 0 Å². The Morgan fingerprint density at radius 2 is 2.38 bits per heavy atom. The monoisotopic (exact) mass is 116 g/mol. The Balaban J connectivity index is 3.53. The summed E-state index contributed by atoms with van der Waals surface area (Å²) in [7, 11) is 1.61. The van der Waals surface area contributed by atoms with E-state index in [1.54, 1.807) is 14.0 Å². The second-order valence-corrected chi connectivity index (χ2v) is 1.16. The van der Waals surface area contributed by atoms with Crippen molar-refractivity contribution >= 4 is 6.21 Å². The van der Waals surface area contributed by atoms with Gasteiger partial charge in [0.2, 0.25) is 0 Å². The van der Waals surface area contributed by atoms with Gasteiger partial charge in [-0.25, -0.2) is 4.39 Å². The molecule has 0 saturated heterocycles. The molecule has 3 heteroatoms. The van der Waals surface area contributed by atoms with Gasteiger partial charge in [0.1, 0.15) is 5.83 Å². The smallest absolute Gasteiger partial charge is 0.138 e. The highest BCUT2D eigenvalue weighted by molar-refractivity contribution is 5.74. The van der Waals surface area contributed by atoms with E-state index in [4.69, 9.17) is 0 Å². The number of nitrogens with one attached hydrogen (secondary N) is 1. The Morgan fingerprint density at radius 1 is 1.75 bits per heavy atom. The first-order valence-electron chi connectivity index (χ1n) is 2.33. The zero-order valence-electron chi connectivity index (χ0n) is 4.98. The largest absolute Gasteiger partial charge is 0.313 e. The van der Waals surface area contributed by atoms with E-state index in [1.807, 2.05) is 0 Å². The van der Waals surface area contributed by atoms with Gasteiger partial charge in [-0.05, 0) is 6.92 Å². The first-order valence-corrected chi connectivity index (χ1v) is 2.33. The molecule has 0 aliphatic heterocycles. The van der Waals surface area contributed by atoms with Gasteiger partial charge in [-0.3, -0.25) is 0 Å². The van der Waals surface area contributed by atoms with Crippen molar-refractivity contribution in [3.8, 4) is 0 Å². The lowest BCUT2D eigenvalue weighted by atomic mass is 10.5. The second-order valence-electron chi connectivity index (χ2n) is 1.16. The van der Waals surface area contributed by atoms with Crippen LogP contribution in [-0.4, -0.2) is 13.3 Å². The van der Waals surface area contributed by atoms with E-state index in [9.17, 15) is 4.39 Å². The summed E-state index contributed by atoms with van der Waals surface area (Å²) in [6, 6.07) is 0. The maximum atomic E-state index is 12.0. The van der Waals surface area contributed by atoms with Crippen LogP contribution in [0, 0.1) is 0 Å². The number of nitrogens with zero attached hydrogens (tertiary/aromatic N) is 1. The summed E-state index contributed by atoms with van der Waals surface area (Å²) in [5.41, 5.74) is 2.42. The fourth-order valence-corrected chi connectivity index (χ4v) is 0.201. The summed E-state index contributed by atoms with van der Waals surface area (Å²) in [5, 5.41) is 3.42. The summed E-state index contributed by atoms with van der Waals surface area (Å²) in [6.07, 6.45) is 2.45. The third-order valence-corrected chi connectivity index (χ3v) is 0.593. The zero-order chi connectivity index (χ0) is 6.41. The molecule has 0 atom stereocenters. The van der Waals surface area contributed by atoms with Gasteiger partial charge in [0.15, 0.2) is 0 Å². The lowest BCUT2D eigenvalue weighted by Gasteiger charge is -1.82. The van der Waals surface area contributed by atoms with Gasteiger partial charge in [0.25, 0.3) is 0 Å². The lowest BCUT2D eigenvalue weighted by Crippen LogP contribution is -1.93. The minimum Gasteiger partial charge on any atom is -0.313 e. The third-order valence-electron chi connectivity index (χ3n) is 0.593. The maximum Gasteiger partial charge on any atom is 0.138 e. The molecule has 0 radical (unpaired) electrons. The molecule has 0 amide bonds. The van der Waals surface area contributed by atoms with Crippen LogP contribution >= 0.6 is 0 Å². The van der Waals surface area contributed by atoms with E-state index in [0.717, 1.165) is 6.21 Å². The van der Waals surface area contributed by atoms with Crippen molar-refractivity contribution in [2.75, 3.05) is 7.05 Å². The molecule has 0 saturated carbocycles. The molecule has 0 heterocycles. The molecule has 0 aromatic heterocycles. The fourth-order valence-electron chi connectivity index (χ4n) is 0.201. The predicted octanol–water partition coefficient (Wildman–Crippen LogP) is 1.06. The highest BCUT2D eigenvalue weighted by Crippen LogP contribution is 1.87. The summed E-state index contributed by atoms with van der Waals surface area (Å²) >= 11 is 0. The first-order chi connectivity index (χ1) is 3.81. The van der Waals surface area contributed by atoms with Gasteiger partial charge in [0, 0.05) is 7.05 Å². The lowest BCUT2D eigenvalue weighted by molar-refractivity contribution is 0.681. The molecule has 0 aromatic carbocycles. The first kappa shape index (κ1) is 7.14. The fraction of sp³-hybridized carbons (Fsp3) is 0.400. The Hall–Kier alpha value is -0.860. The highest BCUT2D eigenvalue weighted by Gasteiger charge is 1.79. The van der Waals surface area contributed by atoms with Gasteiger partial charge in [-0.1, -0.05) is 6.08 Å². The number of hydrazone groups is 1. The van der Waals surface area contributed by atoms with Crippen LogP contribution < -0.4 is 5.43 Å². The van der Waals surface area contributed by atoms with Crippen LogP contribution in [0.5, 0.6) is 0 Å². The van der Waals surface area contributed by atoms with E-state index in [-0.39, 0.29) is 5.83 Å². The van der Waals surface area contributed by atoms with Crippen molar-refractivity contribution in [3.63, 3.8) is 0 Å². The van der Waals surface area contributed by atoms with Crippen LogP contribution in [0.15, 0.2) is 17.0 Å². The maximum absolute atomic E-state index is 12.0. The third kappa shape index (κ3) is 3.33. The number of rotatable bonds is 2. The number of hydrogen-bond donors (Lipinski definition) is 1. The van der Waals surface area contributed by atoms with Crippen LogP contribution in [0.1, 0.15) is 6.92 Å². The number of hydrogen-bond acceptors (Lipinski definition) is 2. The molecular formula is C5H9FN2. The minimum absolute atomic E-state index is 0.334. The van der Waals surface area contributed by atoms with Crippen LogP contribution in [0.3, 0.4) is 0 Å². The predicted molar refractivity (Wildman–Crippen MR) is 32.4 cm³/mol. The number of halogens is 1. The normalized spacial score (nSPS) is 12.6. The highest BCUT2D eigenvalue weighted by atomic mass is 19.1. The van der Waals surface area contributed by atoms with Gasteiger partial charge < -0.3 is 5.43 Å². The van der Waals surface area contributed by atoms with E-state index in [2.05, 4.69) is 10.5 Å².